The number of amides is 1. The molecule has 4 aromatic rings. The van der Waals surface area contributed by atoms with Gasteiger partial charge in [-0.1, -0.05) is 54.6 Å². The molecule has 0 aliphatic rings. The summed E-state index contributed by atoms with van der Waals surface area (Å²) in [6.45, 7) is 1.45. The Hall–Kier alpha value is -4.77. The molecule has 0 fully saturated rings. The Balaban J connectivity index is 1.55. The number of rotatable bonds is 6. The van der Waals surface area contributed by atoms with Gasteiger partial charge >= 0.3 is 5.97 Å². The number of hydrogen-bond donors (Lipinski definition) is 1. The van der Waals surface area contributed by atoms with Crippen molar-refractivity contribution < 1.29 is 14.3 Å². The van der Waals surface area contributed by atoms with E-state index in [1.165, 1.54) is 13.0 Å². The van der Waals surface area contributed by atoms with E-state index in [9.17, 15) is 9.59 Å². The molecule has 1 unspecified atom stereocenters. The number of aromatic nitrogens is 3. The lowest BCUT2D eigenvalue weighted by atomic mass is 10.2. The van der Waals surface area contributed by atoms with E-state index < -0.39 is 18.0 Å². The second-order valence-electron chi connectivity index (χ2n) is 7.10. The fraction of sp³-hybridized carbons (Fsp3) is 0.0800. The fourth-order valence-electron chi connectivity index (χ4n) is 3.10. The van der Waals surface area contributed by atoms with Crippen LogP contribution in [0.2, 0.25) is 0 Å². The van der Waals surface area contributed by atoms with Gasteiger partial charge in [-0.25, -0.2) is 14.5 Å². The highest BCUT2D eigenvalue weighted by Gasteiger charge is 2.24. The van der Waals surface area contributed by atoms with Gasteiger partial charge in [-0.05, 0) is 37.3 Å². The molecule has 0 radical (unpaired) electrons. The van der Waals surface area contributed by atoms with Crippen LogP contribution in [0.1, 0.15) is 23.1 Å². The second-order valence-corrected chi connectivity index (χ2v) is 7.10. The van der Waals surface area contributed by atoms with E-state index in [0.29, 0.717) is 17.1 Å². The summed E-state index contributed by atoms with van der Waals surface area (Å²) >= 11 is 0. The first-order chi connectivity index (χ1) is 16.0. The molecule has 162 valence electrons. The lowest BCUT2D eigenvalue weighted by Crippen LogP contribution is -2.30. The van der Waals surface area contributed by atoms with Crippen LogP contribution in [0.15, 0.2) is 84.9 Å². The Morgan fingerprint density at radius 1 is 1.00 bits per heavy atom. The van der Waals surface area contributed by atoms with Crippen LogP contribution in [-0.2, 0) is 9.53 Å². The molecule has 0 saturated carbocycles. The smallest absolute Gasteiger partial charge is 0.379 e. The second kappa shape index (κ2) is 9.58. The molecule has 1 aromatic heterocycles. The minimum atomic E-state index is -1.10. The zero-order valence-electron chi connectivity index (χ0n) is 17.7. The highest BCUT2D eigenvalue weighted by Crippen LogP contribution is 2.21. The number of para-hydroxylation sites is 1. The molecule has 1 amide bonds. The van der Waals surface area contributed by atoms with Gasteiger partial charge in [0.2, 0.25) is 0 Å². The lowest BCUT2D eigenvalue weighted by Gasteiger charge is -2.12. The third-order valence-corrected chi connectivity index (χ3v) is 4.73. The standard InChI is InChI=1S/C25H19N5O3/c1-17(24(31)27-20-12-8-9-18(15-20)16-26)33-25(32)22-28-23(19-10-4-2-5-11-19)30(29-22)21-13-6-3-7-14-21/h2-15,17H,1H3,(H,27,31). The van der Waals surface area contributed by atoms with Gasteiger partial charge in [0.15, 0.2) is 11.9 Å². The number of nitrogens with one attached hydrogen (secondary N) is 1. The van der Waals surface area contributed by atoms with Gasteiger partial charge in [0.05, 0.1) is 17.3 Å². The van der Waals surface area contributed by atoms with E-state index >= 15 is 0 Å². The molecule has 8 heteroatoms. The zero-order chi connectivity index (χ0) is 23.2. The molecular weight excluding hydrogens is 418 g/mol. The Kier molecular flexibility index (Phi) is 6.23. The Morgan fingerprint density at radius 3 is 2.39 bits per heavy atom. The fourth-order valence-corrected chi connectivity index (χ4v) is 3.10. The topological polar surface area (TPSA) is 110 Å². The Bertz CT molecular complexity index is 1270. The monoisotopic (exact) mass is 437 g/mol. The van der Waals surface area contributed by atoms with Gasteiger partial charge in [0, 0.05) is 11.3 Å². The molecule has 0 aliphatic heterocycles. The van der Waals surface area contributed by atoms with E-state index in [0.717, 1.165) is 11.3 Å². The average Bonchev–Trinajstić information content (AvgIpc) is 3.31. The van der Waals surface area contributed by atoms with Crippen LogP contribution in [0, 0.1) is 11.3 Å². The van der Waals surface area contributed by atoms with E-state index in [1.807, 2.05) is 66.7 Å². The summed E-state index contributed by atoms with van der Waals surface area (Å²) in [6.07, 6.45) is -1.10. The van der Waals surface area contributed by atoms with Gasteiger partial charge < -0.3 is 10.1 Å². The number of nitriles is 1. The van der Waals surface area contributed by atoms with Crippen LogP contribution in [0.4, 0.5) is 5.69 Å². The number of benzene rings is 3. The first-order valence-electron chi connectivity index (χ1n) is 10.1. The zero-order valence-corrected chi connectivity index (χ0v) is 17.7. The molecule has 0 bridgehead atoms. The van der Waals surface area contributed by atoms with Gasteiger partial charge in [-0.2, -0.15) is 5.26 Å². The van der Waals surface area contributed by atoms with Crippen molar-refractivity contribution in [2.45, 2.75) is 13.0 Å². The van der Waals surface area contributed by atoms with E-state index in [2.05, 4.69) is 15.4 Å². The molecule has 8 nitrogen and oxygen atoms in total. The summed E-state index contributed by atoms with van der Waals surface area (Å²) in [5.41, 5.74) is 2.34. The summed E-state index contributed by atoms with van der Waals surface area (Å²) in [4.78, 5) is 29.6. The molecule has 1 N–H and O–H groups in total. The van der Waals surface area contributed by atoms with Crippen LogP contribution in [0.3, 0.4) is 0 Å². The van der Waals surface area contributed by atoms with Crippen molar-refractivity contribution in [3.05, 3.63) is 96.3 Å². The molecule has 1 heterocycles. The molecule has 3 aromatic carbocycles. The highest BCUT2D eigenvalue weighted by molar-refractivity contribution is 5.96. The van der Waals surface area contributed by atoms with Crippen molar-refractivity contribution in [3.8, 4) is 23.1 Å². The first kappa shape index (κ1) is 21.5. The predicted octanol–water partition coefficient (Wildman–Crippen LogP) is 3.99. The summed E-state index contributed by atoms with van der Waals surface area (Å²) in [5.74, 6) is -1.05. The first-order valence-corrected chi connectivity index (χ1v) is 10.1. The quantitative estimate of drug-likeness (QED) is 0.457. The minimum Gasteiger partial charge on any atom is -0.447 e. The van der Waals surface area contributed by atoms with Crippen molar-refractivity contribution in [1.29, 1.82) is 5.26 Å². The van der Waals surface area contributed by atoms with E-state index in [-0.39, 0.29) is 5.82 Å². The normalized spacial score (nSPS) is 11.3. The summed E-state index contributed by atoms with van der Waals surface area (Å²) < 4.78 is 6.87. The van der Waals surface area contributed by atoms with Crippen LogP contribution >= 0.6 is 0 Å². The predicted molar refractivity (Wildman–Crippen MR) is 121 cm³/mol. The van der Waals surface area contributed by atoms with Crippen molar-refractivity contribution in [2.24, 2.45) is 0 Å². The van der Waals surface area contributed by atoms with E-state index in [4.69, 9.17) is 10.00 Å². The van der Waals surface area contributed by atoms with Crippen molar-refractivity contribution in [1.82, 2.24) is 14.8 Å². The van der Waals surface area contributed by atoms with Gasteiger partial charge in [-0.15, -0.1) is 5.10 Å². The maximum Gasteiger partial charge on any atom is 0.379 e. The summed E-state index contributed by atoms with van der Waals surface area (Å²) in [7, 11) is 0. The van der Waals surface area contributed by atoms with Crippen molar-refractivity contribution >= 4 is 17.6 Å². The molecule has 33 heavy (non-hydrogen) atoms. The van der Waals surface area contributed by atoms with Crippen LogP contribution in [-0.4, -0.2) is 32.7 Å². The maximum absolute atomic E-state index is 12.8. The Labute approximate surface area is 190 Å². The summed E-state index contributed by atoms with van der Waals surface area (Å²) in [5, 5.41) is 16.0. The van der Waals surface area contributed by atoms with E-state index in [1.54, 1.807) is 22.9 Å². The van der Waals surface area contributed by atoms with Gasteiger partial charge in [0.1, 0.15) is 0 Å². The summed E-state index contributed by atoms with van der Waals surface area (Å²) in [6, 6.07) is 27.1. The number of carbonyl (C=O) groups excluding carboxylic acids is 2. The molecule has 0 spiro atoms. The molecule has 1 atom stereocenters. The molecule has 0 saturated heterocycles. The van der Waals surface area contributed by atoms with Crippen LogP contribution < -0.4 is 5.32 Å². The third-order valence-electron chi connectivity index (χ3n) is 4.73. The lowest BCUT2D eigenvalue weighted by molar-refractivity contribution is -0.123. The van der Waals surface area contributed by atoms with Crippen molar-refractivity contribution in [2.75, 3.05) is 5.32 Å². The largest absolute Gasteiger partial charge is 0.447 e. The Morgan fingerprint density at radius 2 is 1.70 bits per heavy atom. The van der Waals surface area contributed by atoms with Crippen LogP contribution in [0.25, 0.3) is 17.1 Å². The van der Waals surface area contributed by atoms with Gasteiger partial charge in [-0.3, -0.25) is 4.79 Å². The maximum atomic E-state index is 12.8. The highest BCUT2D eigenvalue weighted by atomic mass is 16.5. The number of carbonyl (C=O) groups is 2. The minimum absolute atomic E-state index is 0.163. The van der Waals surface area contributed by atoms with Gasteiger partial charge in [0.25, 0.3) is 11.7 Å². The average molecular weight is 437 g/mol. The number of ether oxygens (including phenoxy) is 1. The van der Waals surface area contributed by atoms with Crippen LogP contribution in [0.5, 0.6) is 0 Å². The number of esters is 1. The number of nitrogens with zero attached hydrogens (tertiary/aromatic N) is 4. The van der Waals surface area contributed by atoms with Crippen molar-refractivity contribution in [3.63, 3.8) is 0 Å². The third kappa shape index (κ3) is 4.94. The number of hydrogen-bond acceptors (Lipinski definition) is 6. The SMILES string of the molecule is CC(OC(=O)c1nc(-c2ccccc2)n(-c2ccccc2)n1)C(=O)Nc1cccc(C#N)c1. The molecular formula is C25H19N5O3. The molecule has 4 rings (SSSR count). The molecule has 0 aliphatic carbocycles. The number of anilines is 1.